The molecule has 0 unspecified atom stereocenters. The van der Waals surface area contributed by atoms with Crippen LogP contribution >= 0.6 is 0 Å². The number of carbonyl (C=O) groups excluding carboxylic acids is 3. The van der Waals surface area contributed by atoms with Crippen molar-refractivity contribution in [1.29, 1.82) is 0 Å². The smallest absolute Gasteiger partial charge is 0.315 e. The fraction of sp³-hybridized carbons (Fsp3) is 0.318. The van der Waals surface area contributed by atoms with Crippen LogP contribution in [0.25, 0.3) is 0 Å². The zero-order valence-electron chi connectivity index (χ0n) is 16.5. The molecule has 29 heavy (non-hydrogen) atoms. The largest absolute Gasteiger partial charge is 0.350 e. The summed E-state index contributed by atoms with van der Waals surface area (Å²) >= 11 is 0. The lowest BCUT2D eigenvalue weighted by molar-refractivity contribution is -0.120. The minimum atomic E-state index is -0.389. The minimum Gasteiger partial charge on any atom is -0.350 e. The average molecular weight is 394 g/mol. The van der Waals surface area contributed by atoms with E-state index in [4.69, 9.17) is 0 Å². The van der Waals surface area contributed by atoms with Crippen LogP contribution in [0.3, 0.4) is 0 Å². The van der Waals surface area contributed by atoms with E-state index in [0.29, 0.717) is 19.5 Å². The minimum absolute atomic E-state index is 0.0971. The number of carbonyl (C=O) groups is 3. The number of rotatable bonds is 7. The van der Waals surface area contributed by atoms with Crippen LogP contribution in [-0.2, 0) is 22.7 Å². The van der Waals surface area contributed by atoms with Crippen molar-refractivity contribution >= 4 is 23.5 Å². The Bertz CT molecular complexity index is 863. The highest BCUT2D eigenvalue weighted by Gasteiger charge is 2.21. The molecular formula is C22H26N4O3. The van der Waals surface area contributed by atoms with Gasteiger partial charge in [-0.3, -0.25) is 9.59 Å². The average Bonchev–Trinajstić information content (AvgIpc) is 3.16. The highest BCUT2D eigenvalue weighted by Crippen LogP contribution is 2.21. The molecule has 0 atom stereocenters. The van der Waals surface area contributed by atoms with Crippen LogP contribution in [0.15, 0.2) is 48.5 Å². The SMILES string of the molecule is Cc1ccc(CNC(=O)NCC(=O)NCc2ccc(N3CCCC3=O)cc2)cc1. The zero-order valence-corrected chi connectivity index (χ0v) is 16.5. The first-order valence-electron chi connectivity index (χ1n) is 9.74. The summed E-state index contributed by atoms with van der Waals surface area (Å²) in [5.74, 6) is -0.118. The second kappa shape index (κ2) is 9.73. The van der Waals surface area contributed by atoms with Gasteiger partial charge in [-0.2, -0.15) is 0 Å². The Morgan fingerprint density at radius 2 is 1.52 bits per heavy atom. The van der Waals surface area contributed by atoms with Crippen LogP contribution in [0, 0.1) is 6.92 Å². The van der Waals surface area contributed by atoms with Gasteiger partial charge in [-0.15, -0.1) is 0 Å². The van der Waals surface area contributed by atoms with Gasteiger partial charge in [0.05, 0.1) is 6.54 Å². The van der Waals surface area contributed by atoms with Gasteiger partial charge in [-0.25, -0.2) is 4.79 Å². The molecule has 1 heterocycles. The lowest BCUT2D eigenvalue weighted by Crippen LogP contribution is -2.41. The molecule has 1 aliphatic rings. The van der Waals surface area contributed by atoms with Gasteiger partial charge in [-0.1, -0.05) is 42.0 Å². The van der Waals surface area contributed by atoms with Crippen molar-refractivity contribution in [2.24, 2.45) is 0 Å². The Kier molecular flexibility index (Phi) is 6.84. The summed E-state index contributed by atoms with van der Waals surface area (Å²) in [4.78, 5) is 37.3. The highest BCUT2D eigenvalue weighted by atomic mass is 16.2. The normalized spacial score (nSPS) is 13.3. The molecule has 0 spiro atoms. The zero-order chi connectivity index (χ0) is 20.6. The maximum atomic E-state index is 11.9. The predicted octanol–water partition coefficient (Wildman–Crippen LogP) is 2.24. The van der Waals surface area contributed by atoms with Gasteiger partial charge in [0.25, 0.3) is 0 Å². The van der Waals surface area contributed by atoms with Crippen molar-refractivity contribution in [3.05, 3.63) is 65.2 Å². The summed E-state index contributed by atoms with van der Waals surface area (Å²) in [6, 6.07) is 15.0. The van der Waals surface area contributed by atoms with Gasteiger partial charge >= 0.3 is 6.03 Å². The molecule has 0 aromatic heterocycles. The molecule has 7 heteroatoms. The molecule has 1 saturated heterocycles. The Balaban J connectivity index is 1.35. The second-order valence-corrected chi connectivity index (χ2v) is 7.11. The van der Waals surface area contributed by atoms with E-state index in [1.54, 1.807) is 4.90 Å². The van der Waals surface area contributed by atoms with Gasteiger partial charge in [-0.05, 0) is 36.6 Å². The third kappa shape index (κ3) is 6.07. The van der Waals surface area contributed by atoms with E-state index in [1.807, 2.05) is 55.5 Å². The topological polar surface area (TPSA) is 90.5 Å². The molecule has 1 aliphatic heterocycles. The molecule has 0 aliphatic carbocycles. The first-order chi connectivity index (χ1) is 14.0. The Morgan fingerprint density at radius 3 is 2.14 bits per heavy atom. The molecule has 1 fully saturated rings. The molecule has 0 saturated carbocycles. The van der Waals surface area contributed by atoms with Gasteiger partial charge in [0, 0.05) is 31.7 Å². The van der Waals surface area contributed by atoms with E-state index in [9.17, 15) is 14.4 Å². The number of hydrogen-bond donors (Lipinski definition) is 3. The number of anilines is 1. The molecular weight excluding hydrogens is 368 g/mol. The standard InChI is InChI=1S/C22H26N4O3/c1-16-4-6-17(7-5-16)14-24-22(29)25-15-20(27)23-13-18-8-10-19(11-9-18)26-12-2-3-21(26)28/h4-11H,2-3,12-15H2,1H3,(H,23,27)(H2,24,25,29). The van der Waals surface area contributed by atoms with Crippen molar-refractivity contribution in [2.75, 3.05) is 18.0 Å². The summed E-state index contributed by atoms with van der Waals surface area (Å²) in [7, 11) is 0. The molecule has 3 N–H and O–H groups in total. The summed E-state index contributed by atoms with van der Waals surface area (Å²) in [6.45, 7) is 3.43. The predicted molar refractivity (Wildman–Crippen MR) is 111 cm³/mol. The molecule has 2 aromatic carbocycles. The molecule has 0 radical (unpaired) electrons. The van der Waals surface area contributed by atoms with Crippen molar-refractivity contribution < 1.29 is 14.4 Å². The van der Waals surface area contributed by atoms with Crippen LogP contribution in [-0.4, -0.2) is 30.9 Å². The van der Waals surface area contributed by atoms with Gasteiger partial charge in [0.1, 0.15) is 0 Å². The molecule has 0 bridgehead atoms. The number of hydrogen-bond acceptors (Lipinski definition) is 3. The number of urea groups is 1. The summed E-state index contributed by atoms with van der Waals surface area (Å²) in [5, 5.41) is 8.04. The Hall–Kier alpha value is -3.35. The van der Waals surface area contributed by atoms with Crippen molar-refractivity contribution in [3.63, 3.8) is 0 Å². The lowest BCUT2D eigenvalue weighted by atomic mass is 10.1. The van der Waals surface area contributed by atoms with E-state index in [1.165, 1.54) is 0 Å². The van der Waals surface area contributed by atoms with Crippen LogP contribution in [0.5, 0.6) is 0 Å². The number of nitrogens with zero attached hydrogens (tertiary/aromatic N) is 1. The van der Waals surface area contributed by atoms with Crippen LogP contribution < -0.4 is 20.9 Å². The summed E-state index contributed by atoms with van der Waals surface area (Å²) in [5.41, 5.74) is 3.97. The molecule has 7 nitrogen and oxygen atoms in total. The van der Waals surface area contributed by atoms with Crippen molar-refractivity contribution in [2.45, 2.75) is 32.9 Å². The molecule has 3 rings (SSSR count). The molecule has 4 amide bonds. The van der Waals surface area contributed by atoms with E-state index in [0.717, 1.165) is 35.3 Å². The number of nitrogens with one attached hydrogen (secondary N) is 3. The van der Waals surface area contributed by atoms with E-state index < -0.39 is 0 Å². The lowest BCUT2D eigenvalue weighted by Gasteiger charge is -2.16. The van der Waals surface area contributed by atoms with Gasteiger partial charge in [0.2, 0.25) is 11.8 Å². The number of amides is 4. The maximum absolute atomic E-state index is 11.9. The van der Waals surface area contributed by atoms with E-state index in [-0.39, 0.29) is 24.4 Å². The van der Waals surface area contributed by atoms with Crippen LogP contribution in [0.1, 0.15) is 29.5 Å². The van der Waals surface area contributed by atoms with Crippen molar-refractivity contribution in [3.8, 4) is 0 Å². The van der Waals surface area contributed by atoms with Gasteiger partial charge in [0.15, 0.2) is 0 Å². The Morgan fingerprint density at radius 1 is 0.897 bits per heavy atom. The van der Waals surface area contributed by atoms with Crippen LogP contribution in [0.2, 0.25) is 0 Å². The van der Waals surface area contributed by atoms with Crippen LogP contribution in [0.4, 0.5) is 10.5 Å². The Labute approximate surface area is 170 Å². The van der Waals surface area contributed by atoms with E-state index >= 15 is 0 Å². The maximum Gasteiger partial charge on any atom is 0.315 e. The number of benzene rings is 2. The van der Waals surface area contributed by atoms with Gasteiger partial charge < -0.3 is 20.9 Å². The molecule has 2 aromatic rings. The fourth-order valence-electron chi connectivity index (χ4n) is 3.09. The monoisotopic (exact) mass is 394 g/mol. The summed E-state index contributed by atoms with van der Waals surface area (Å²) < 4.78 is 0. The quantitative estimate of drug-likeness (QED) is 0.673. The molecule has 152 valence electrons. The summed E-state index contributed by atoms with van der Waals surface area (Å²) in [6.07, 6.45) is 1.49. The first kappa shape index (κ1) is 20.4. The second-order valence-electron chi connectivity index (χ2n) is 7.11. The third-order valence-electron chi connectivity index (χ3n) is 4.79. The van der Waals surface area contributed by atoms with Crippen molar-refractivity contribution in [1.82, 2.24) is 16.0 Å². The number of aryl methyl sites for hydroxylation is 1. The first-order valence-corrected chi connectivity index (χ1v) is 9.74. The third-order valence-corrected chi connectivity index (χ3v) is 4.79. The highest BCUT2D eigenvalue weighted by molar-refractivity contribution is 5.95. The fourth-order valence-corrected chi connectivity index (χ4v) is 3.09. The van der Waals surface area contributed by atoms with E-state index in [2.05, 4.69) is 16.0 Å².